The minimum Gasteiger partial charge on any atom is -0.308 e. The topological polar surface area (TPSA) is 4.41 Å². The fourth-order valence-corrected chi connectivity index (χ4v) is 5.72. The Hall–Kier alpha value is -3.58. The Morgan fingerprint density at radius 1 is 0.485 bits per heavy atom. The molecule has 2 aromatic heterocycles. The molecule has 0 aliphatic rings. The summed E-state index contributed by atoms with van der Waals surface area (Å²) < 4.78 is 2.50. The van der Waals surface area contributed by atoms with Crippen molar-refractivity contribution in [3.63, 3.8) is 0 Å². The summed E-state index contributed by atoms with van der Waals surface area (Å²) in [5.74, 6) is 1.07. The van der Waals surface area contributed by atoms with Crippen LogP contribution in [0.1, 0.15) is 50.7 Å². The van der Waals surface area contributed by atoms with Crippen LogP contribution in [0.5, 0.6) is 0 Å². The van der Waals surface area contributed by atoms with Crippen molar-refractivity contribution in [1.82, 2.24) is 4.40 Å². The van der Waals surface area contributed by atoms with Crippen molar-refractivity contribution in [3.05, 3.63) is 90.0 Å². The van der Waals surface area contributed by atoms with Crippen molar-refractivity contribution in [1.29, 1.82) is 0 Å². The molecule has 0 spiro atoms. The Bertz CT molecular complexity index is 1730. The van der Waals surface area contributed by atoms with Gasteiger partial charge in [0.15, 0.2) is 0 Å². The van der Waals surface area contributed by atoms with Gasteiger partial charge >= 0.3 is 0 Å². The zero-order valence-corrected chi connectivity index (χ0v) is 19.6. The van der Waals surface area contributed by atoms with E-state index in [4.69, 9.17) is 0 Å². The molecule has 0 saturated heterocycles. The van der Waals surface area contributed by atoms with Gasteiger partial charge in [-0.2, -0.15) is 0 Å². The number of aromatic nitrogens is 1. The second-order valence-corrected chi connectivity index (χ2v) is 10.3. The highest BCUT2D eigenvalue weighted by molar-refractivity contribution is 6.25. The number of para-hydroxylation sites is 1. The summed E-state index contributed by atoms with van der Waals surface area (Å²) in [5.41, 5.74) is 6.76. The minimum atomic E-state index is 0.535. The number of hydrogen-bond acceptors (Lipinski definition) is 0. The van der Waals surface area contributed by atoms with Crippen LogP contribution in [0.15, 0.2) is 78.9 Å². The molecule has 7 aromatic rings. The lowest BCUT2D eigenvalue weighted by molar-refractivity contribution is 0.869. The van der Waals surface area contributed by atoms with Crippen LogP contribution < -0.4 is 0 Å². The van der Waals surface area contributed by atoms with Gasteiger partial charge in [0, 0.05) is 21.5 Å². The van der Waals surface area contributed by atoms with Gasteiger partial charge in [0.25, 0.3) is 0 Å². The Labute approximate surface area is 193 Å². The summed E-state index contributed by atoms with van der Waals surface area (Å²) in [6.45, 7) is 9.06. The highest BCUT2D eigenvalue weighted by atomic mass is 14.9. The lowest BCUT2D eigenvalue weighted by Gasteiger charge is -2.09. The molecule has 0 radical (unpaired) electrons. The third kappa shape index (κ3) is 2.54. The van der Waals surface area contributed by atoms with Gasteiger partial charge in [-0.05, 0) is 68.8 Å². The Balaban J connectivity index is 1.64. The first-order chi connectivity index (χ1) is 16.0. The van der Waals surface area contributed by atoms with E-state index < -0.39 is 0 Å². The molecule has 5 aromatic carbocycles. The van der Waals surface area contributed by atoms with E-state index >= 15 is 0 Å². The molecule has 0 unspecified atom stereocenters. The molecule has 0 aliphatic heterocycles. The Morgan fingerprint density at radius 2 is 0.970 bits per heavy atom. The van der Waals surface area contributed by atoms with Crippen LogP contribution in [-0.2, 0) is 0 Å². The second-order valence-electron chi connectivity index (χ2n) is 10.3. The average Bonchev–Trinajstić information content (AvgIpc) is 3.31. The molecule has 0 saturated carbocycles. The van der Waals surface area contributed by atoms with Crippen LogP contribution >= 0.6 is 0 Å². The second kappa shape index (κ2) is 6.48. The maximum absolute atomic E-state index is 2.50. The molecule has 0 amide bonds. The predicted molar refractivity (Wildman–Crippen MR) is 144 cm³/mol. The number of benzene rings is 5. The molecule has 0 aliphatic carbocycles. The maximum atomic E-state index is 2.50. The first-order valence-electron chi connectivity index (χ1n) is 12.1. The van der Waals surface area contributed by atoms with Crippen molar-refractivity contribution >= 4 is 59.6 Å². The summed E-state index contributed by atoms with van der Waals surface area (Å²) in [6.07, 6.45) is 0. The Morgan fingerprint density at radius 3 is 1.42 bits per heavy atom. The molecule has 0 atom stereocenters. The van der Waals surface area contributed by atoms with E-state index in [1.165, 1.54) is 70.8 Å². The third-order valence-corrected chi connectivity index (χ3v) is 7.61. The van der Waals surface area contributed by atoms with Gasteiger partial charge in [-0.15, -0.1) is 0 Å². The molecule has 33 heavy (non-hydrogen) atoms. The van der Waals surface area contributed by atoms with E-state index in [2.05, 4.69) is 111 Å². The molecular weight excluding hydrogens is 398 g/mol. The van der Waals surface area contributed by atoms with Crippen molar-refractivity contribution in [2.24, 2.45) is 0 Å². The van der Waals surface area contributed by atoms with E-state index in [-0.39, 0.29) is 0 Å². The van der Waals surface area contributed by atoms with Gasteiger partial charge in [-0.25, -0.2) is 0 Å². The van der Waals surface area contributed by atoms with E-state index in [1.54, 1.807) is 0 Å². The standard InChI is InChI=1S/C32H27N/c1-18(2)20-8-10-22-16-30-28(14-24(22)12-20)26-6-5-7-27-29-15-25-13-21(19(3)4)9-11-23(25)17-31(29)33(30)32(26)27/h5-19H,1-4H3. The summed E-state index contributed by atoms with van der Waals surface area (Å²) in [6, 6.07) is 30.3. The van der Waals surface area contributed by atoms with Gasteiger partial charge in [-0.3, -0.25) is 0 Å². The summed E-state index contributed by atoms with van der Waals surface area (Å²) in [4.78, 5) is 0. The van der Waals surface area contributed by atoms with Gasteiger partial charge < -0.3 is 4.40 Å². The van der Waals surface area contributed by atoms with Crippen molar-refractivity contribution in [2.75, 3.05) is 0 Å². The van der Waals surface area contributed by atoms with Crippen LogP contribution in [0.3, 0.4) is 0 Å². The first kappa shape index (κ1) is 18.9. The van der Waals surface area contributed by atoms with Crippen molar-refractivity contribution in [2.45, 2.75) is 39.5 Å². The van der Waals surface area contributed by atoms with Crippen LogP contribution in [0.2, 0.25) is 0 Å². The van der Waals surface area contributed by atoms with E-state index in [0.717, 1.165) is 0 Å². The number of hydrogen-bond donors (Lipinski definition) is 0. The third-order valence-electron chi connectivity index (χ3n) is 7.61. The lowest BCUT2D eigenvalue weighted by Crippen LogP contribution is -1.88. The normalized spacial score (nSPS) is 12.8. The molecule has 1 nitrogen and oxygen atoms in total. The molecule has 0 N–H and O–H groups in total. The predicted octanol–water partition coefficient (Wildman–Crippen LogP) is 9.39. The number of nitrogens with zero attached hydrogens (tertiary/aromatic N) is 1. The SMILES string of the molecule is CC(C)c1ccc2cc3c(cc2c1)c1cccc2c4cc5cc(C(C)C)ccc5cc4n3c12. The molecule has 2 heterocycles. The highest BCUT2D eigenvalue weighted by Crippen LogP contribution is 2.41. The van der Waals surface area contributed by atoms with Gasteiger partial charge in [0.2, 0.25) is 0 Å². The monoisotopic (exact) mass is 425 g/mol. The quantitative estimate of drug-likeness (QED) is 0.260. The molecule has 0 fully saturated rings. The molecule has 1 heteroatoms. The average molecular weight is 426 g/mol. The first-order valence-corrected chi connectivity index (χ1v) is 12.1. The zero-order valence-electron chi connectivity index (χ0n) is 19.6. The minimum absolute atomic E-state index is 0.535. The van der Waals surface area contributed by atoms with E-state index in [9.17, 15) is 0 Å². The van der Waals surface area contributed by atoms with E-state index in [1.807, 2.05) is 0 Å². The molecular formula is C32H27N. The smallest absolute Gasteiger partial charge is 0.0620 e. The lowest BCUT2D eigenvalue weighted by atomic mass is 9.97. The largest absolute Gasteiger partial charge is 0.308 e. The van der Waals surface area contributed by atoms with Crippen molar-refractivity contribution < 1.29 is 0 Å². The van der Waals surface area contributed by atoms with Crippen molar-refractivity contribution in [3.8, 4) is 0 Å². The van der Waals surface area contributed by atoms with Crippen LogP contribution in [-0.4, -0.2) is 4.40 Å². The van der Waals surface area contributed by atoms with Gasteiger partial charge in [-0.1, -0.05) is 82.3 Å². The highest BCUT2D eigenvalue weighted by Gasteiger charge is 2.18. The summed E-state index contributed by atoms with van der Waals surface area (Å²) in [7, 11) is 0. The Kier molecular flexibility index (Phi) is 3.72. The van der Waals surface area contributed by atoms with Crippen LogP contribution in [0.25, 0.3) is 59.6 Å². The van der Waals surface area contributed by atoms with Gasteiger partial charge in [0.1, 0.15) is 0 Å². The van der Waals surface area contributed by atoms with E-state index in [0.29, 0.717) is 11.8 Å². The fraction of sp³-hybridized carbons (Fsp3) is 0.188. The zero-order chi connectivity index (χ0) is 22.4. The molecule has 160 valence electrons. The summed E-state index contributed by atoms with van der Waals surface area (Å²) >= 11 is 0. The fourth-order valence-electron chi connectivity index (χ4n) is 5.72. The molecule has 7 rings (SSSR count). The number of rotatable bonds is 2. The van der Waals surface area contributed by atoms with Crippen LogP contribution in [0.4, 0.5) is 0 Å². The summed E-state index contributed by atoms with van der Waals surface area (Å²) in [5, 5.41) is 10.7. The maximum Gasteiger partial charge on any atom is 0.0620 e. The number of fused-ring (bicyclic) bond motifs is 8. The van der Waals surface area contributed by atoms with Crippen LogP contribution in [0, 0.1) is 0 Å². The van der Waals surface area contributed by atoms with Gasteiger partial charge in [0.05, 0.1) is 16.6 Å². The molecule has 0 bridgehead atoms.